The lowest BCUT2D eigenvalue weighted by atomic mass is 9.73. The Kier molecular flexibility index (Phi) is 5.56. The Morgan fingerprint density at radius 2 is 1.79 bits per heavy atom. The van der Waals surface area contributed by atoms with Gasteiger partial charge in [-0.05, 0) is 76.1 Å². The van der Waals surface area contributed by atoms with E-state index in [0.29, 0.717) is 11.0 Å². The molecule has 5 heteroatoms. The Morgan fingerprint density at radius 3 is 2.38 bits per heavy atom. The number of primary amides is 1. The van der Waals surface area contributed by atoms with Gasteiger partial charge in [0.05, 0.1) is 22.5 Å². The van der Waals surface area contributed by atoms with Crippen LogP contribution in [0.1, 0.15) is 80.5 Å². The van der Waals surface area contributed by atoms with Crippen LogP contribution in [0, 0.1) is 5.41 Å². The van der Waals surface area contributed by atoms with Crippen molar-refractivity contribution in [1.29, 1.82) is 0 Å². The van der Waals surface area contributed by atoms with Crippen molar-refractivity contribution in [3.63, 3.8) is 0 Å². The van der Waals surface area contributed by atoms with Gasteiger partial charge in [-0.1, -0.05) is 18.9 Å². The third-order valence-corrected chi connectivity index (χ3v) is 7.76. The van der Waals surface area contributed by atoms with Crippen LogP contribution in [0.3, 0.4) is 0 Å². The molecule has 2 heterocycles. The summed E-state index contributed by atoms with van der Waals surface area (Å²) in [5.74, 6) is -0.376. The van der Waals surface area contributed by atoms with Crippen LogP contribution in [-0.2, 0) is 5.54 Å². The number of carbonyl (C=O) groups excluding carboxylic acids is 1. The number of nitrogens with zero attached hydrogens (tertiary/aromatic N) is 3. The van der Waals surface area contributed by atoms with E-state index in [4.69, 9.17) is 10.7 Å². The average molecular weight is 397 g/mol. The van der Waals surface area contributed by atoms with Crippen molar-refractivity contribution in [3.05, 3.63) is 35.2 Å². The van der Waals surface area contributed by atoms with Crippen molar-refractivity contribution in [2.75, 3.05) is 33.2 Å². The zero-order chi connectivity index (χ0) is 20.6. The van der Waals surface area contributed by atoms with E-state index >= 15 is 0 Å². The molecule has 0 atom stereocenters. The maximum Gasteiger partial charge on any atom is 0.250 e. The van der Waals surface area contributed by atoms with Gasteiger partial charge in [0.1, 0.15) is 0 Å². The second-order valence-corrected chi connectivity index (χ2v) is 9.95. The van der Waals surface area contributed by atoms with Crippen molar-refractivity contribution in [1.82, 2.24) is 14.8 Å². The number of aromatic nitrogens is 1. The first-order chi connectivity index (χ1) is 13.8. The monoisotopic (exact) mass is 396 g/mol. The van der Waals surface area contributed by atoms with E-state index in [9.17, 15) is 4.79 Å². The number of piperazine rings is 1. The minimum absolute atomic E-state index is 0.173. The molecule has 4 rings (SSSR count). The lowest BCUT2D eigenvalue weighted by molar-refractivity contribution is 0.0579. The largest absolute Gasteiger partial charge is 0.366 e. The number of nitrogens with two attached hydrogens (primary N) is 1. The van der Waals surface area contributed by atoms with Gasteiger partial charge < -0.3 is 10.6 Å². The first kappa shape index (κ1) is 20.5. The fourth-order valence-electron chi connectivity index (χ4n) is 5.51. The molecule has 1 aromatic heterocycles. The van der Waals surface area contributed by atoms with Crippen LogP contribution < -0.4 is 5.73 Å². The topological polar surface area (TPSA) is 62.5 Å². The summed E-state index contributed by atoms with van der Waals surface area (Å²) in [6, 6.07) is 3.91. The summed E-state index contributed by atoms with van der Waals surface area (Å²) in [6.07, 6.45) is 11.1. The third-order valence-electron chi connectivity index (χ3n) is 7.76. The average Bonchev–Trinajstić information content (AvgIpc) is 3.16. The van der Waals surface area contributed by atoms with Gasteiger partial charge >= 0.3 is 0 Å². The Bertz CT molecular complexity index is 799. The molecule has 1 aliphatic heterocycles. The van der Waals surface area contributed by atoms with Crippen molar-refractivity contribution >= 4 is 11.5 Å². The summed E-state index contributed by atoms with van der Waals surface area (Å²) in [4.78, 5) is 22.1. The van der Waals surface area contributed by atoms with Crippen LogP contribution in [-0.4, -0.2) is 53.9 Å². The van der Waals surface area contributed by atoms with E-state index in [-0.39, 0.29) is 11.4 Å². The SMILES string of the molecule is CN1CCN(C(C)(C)c2ccc(C(N)=O)c(C3=CCC4(CCCC4)CC3)n2)CC1. The molecule has 0 unspecified atom stereocenters. The van der Waals surface area contributed by atoms with Gasteiger partial charge in [0.15, 0.2) is 0 Å². The molecule has 158 valence electrons. The molecule has 1 amide bonds. The van der Waals surface area contributed by atoms with Crippen LogP contribution in [0.4, 0.5) is 0 Å². The Labute approximate surface area is 175 Å². The molecule has 1 saturated heterocycles. The molecule has 29 heavy (non-hydrogen) atoms. The summed E-state index contributed by atoms with van der Waals surface area (Å²) < 4.78 is 0. The van der Waals surface area contributed by atoms with Crippen LogP contribution in [0.2, 0.25) is 0 Å². The van der Waals surface area contributed by atoms with Gasteiger partial charge in [-0.15, -0.1) is 0 Å². The van der Waals surface area contributed by atoms with E-state index in [1.807, 2.05) is 12.1 Å². The van der Waals surface area contributed by atoms with Crippen molar-refractivity contribution in [2.45, 2.75) is 64.3 Å². The molecule has 2 fully saturated rings. The minimum Gasteiger partial charge on any atom is -0.366 e. The number of pyridine rings is 1. The molecule has 0 radical (unpaired) electrons. The van der Waals surface area contributed by atoms with Gasteiger partial charge in [0.25, 0.3) is 5.91 Å². The van der Waals surface area contributed by atoms with E-state index in [1.165, 1.54) is 37.7 Å². The fourth-order valence-corrected chi connectivity index (χ4v) is 5.51. The summed E-state index contributed by atoms with van der Waals surface area (Å²) in [7, 11) is 2.18. The number of carbonyl (C=O) groups is 1. The second kappa shape index (κ2) is 7.84. The zero-order valence-electron chi connectivity index (χ0n) is 18.3. The highest BCUT2D eigenvalue weighted by atomic mass is 16.1. The maximum absolute atomic E-state index is 12.2. The quantitative estimate of drug-likeness (QED) is 0.841. The zero-order valence-corrected chi connectivity index (χ0v) is 18.3. The summed E-state index contributed by atoms with van der Waals surface area (Å²) in [5.41, 5.74) is 9.70. The highest BCUT2D eigenvalue weighted by molar-refractivity contribution is 5.97. The third kappa shape index (κ3) is 3.99. The van der Waals surface area contributed by atoms with Gasteiger partial charge in [0, 0.05) is 26.2 Å². The first-order valence-electron chi connectivity index (χ1n) is 11.3. The van der Waals surface area contributed by atoms with Crippen molar-refractivity contribution in [3.8, 4) is 0 Å². The molecule has 3 aliphatic rings. The molecule has 2 N–H and O–H groups in total. The van der Waals surface area contributed by atoms with Crippen molar-refractivity contribution in [2.24, 2.45) is 11.1 Å². The Balaban J connectivity index is 1.64. The summed E-state index contributed by atoms with van der Waals surface area (Å²) in [5, 5.41) is 0. The second-order valence-electron chi connectivity index (χ2n) is 9.95. The number of hydrogen-bond donors (Lipinski definition) is 1. The first-order valence-corrected chi connectivity index (χ1v) is 11.3. The van der Waals surface area contributed by atoms with Gasteiger partial charge in [-0.3, -0.25) is 14.7 Å². The number of allylic oxidation sites excluding steroid dienone is 2. The molecule has 1 spiro atoms. The standard InChI is InChI=1S/C24H36N4O/c1-23(2,28-16-14-27(3)15-17-28)20-7-6-19(22(25)29)21(26-20)18-8-12-24(13-9-18)10-4-5-11-24/h6-8H,4-5,9-17H2,1-3H3,(H2,25,29). The molecule has 2 aliphatic carbocycles. The Morgan fingerprint density at radius 1 is 1.10 bits per heavy atom. The summed E-state index contributed by atoms with van der Waals surface area (Å²) >= 11 is 0. The smallest absolute Gasteiger partial charge is 0.250 e. The molecular formula is C24H36N4O. The minimum atomic E-state index is -0.376. The van der Waals surface area contributed by atoms with E-state index in [1.54, 1.807) is 0 Å². The van der Waals surface area contributed by atoms with E-state index in [0.717, 1.165) is 50.4 Å². The van der Waals surface area contributed by atoms with Crippen LogP contribution >= 0.6 is 0 Å². The lowest BCUT2D eigenvalue weighted by Gasteiger charge is -2.43. The lowest BCUT2D eigenvalue weighted by Crippen LogP contribution is -2.52. The highest BCUT2D eigenvalue weighted by Gasteiger charge is 2.37. The van der Waals surface area contributed by atoms with E-state index < -0.39 is 0 Å². The van der Waals surface area contributed by atoms with Gasteiger partial charge in [0.2, 0.25) is 0 Å². The van der Waals surface area contributed by atoms with Crippen LogP contribution in [0.25, 0.3) is 5.57 Å². The predicted molar refractivity (Wildman–Crippen MR) is 118 cm³/mol. The molecular weight excluding hydrogens is 360 g/mol. The molecule has 0 bridgehead atoms. The predicted octanol–water partition coefficient (Wildman–Crippen LogP) is 3.79. The Hall–Kier alpha value is -1.72. The fraction of sp³-hybridized carbons (Fsp3) is 0.667. The maximum atomic E-state index is 12.2. The molecule has 1 aromatic rings. The highest BCUT2D eigenvalue weighted by Crippen LogP contribution is 2.49. The molecule has 1 saturated carbocycles. The summed E-state index contributed by atoms with van der Waals surface area (Å²) in [6.45, 7) is 8.70. The van der Waals surface area contributed by atoms with Crippen molar-refractivity contribution < 1.29 is 4.79 Å². The number of likely N-dealkylation sites (N-methyl/N-ethyl adjacent to an activating group) is 1. The number of amides is 1. The van der Waals surface area contributed by atoms with Crippen LogP contribution in [0.5, 0.6) is 0 Å². The molecule has 5 nitrogen and oxygen atoms in total. The van der Waals surface area contributed by atoms with Crippen LogP contribution in [0.15, 0.2) is 18.2 Å². The van der Waals surface area contributed by atoms with Gasteiger partial charge in [-0.25, -0.2) is 0 Å². The number of rotatable bonds is 4. The normalized spacial score (nSPS) is 23.3. The van der Waals surface area contributed by atoms with E-state index in [2.05, 4.69) is 36.8 Å². The van der Waals surface area contributed by atoms with Gasteiger partial charge in [-0.2, -0.15) is 0 Å². The molecule has 0 aromatic carbocycles. The number of hydrogen-bond acceptors (Lipinski definition) is 4.